The highest BCUT2D eigenvalue weighted by Gasteiger charge is 2.10. The highest BCUT2D eigenvalue weighted by Crippen LogP contribution is 2.16. The quantitative estimate of drug-likeness (QED) is 0.885. The van der Waals surface area contributed by atoms with E-state index in [2.05, 4.69) is 26.2 Å². The van der Waals surface area contributed by atoms with E-state index in [0.717, 1.165) is 4.47 Å². The first-order chi connectivity index (χ1) is 7.65. The first-order valence-electron chi connectivity index (χ1n) is 4.43. The molecule has 0 fully saturated rings. The Morgan fingerprint density at radius 1 is 1.50 bits per heavy atom. The van der Waals surface area contributed by atoms with Gasteiger partial charge < -0.3 is 15.5 Å². The molecule has 2 rings (SSSR count). The van der Waals surface area contributed by atoms with Gasteiger partial charge in [0.05, 0.1) is 0 Å². The van der Waals surface area contributed by atoms with Gasteiger partial charge in [0.15, 0.2) is 5.69 Å². The lowest BCUT2D eigenvalue weighted by molar-refractivity contribution is 0.102. The maximum absolute atomic E-state index is 11.6. The Balaban J connectivity index is 2.13. The molecule has 82 valence electrons. The van der Waals surface area contributed by atoms with Crippen LogP contribution in [-0.4, -0.2) is 10.9 Å². The Morgan fingerprint density at radius 3 is 2.94 bits per heavy atom. The molecule has 3 N–H and O–H groups in total. The van der Waals surface area contributed by atoms with E-state index in [1.54, 1.807) is 12.1 Å². The summed E-state index contributed by atoms with van der Waals surface area (Å²) in [6, 6.07) is 7.20. The molecule has 2 aromatic rings. The number of nitrogens with zero attached hydrogens (tertiary/aromatic N) is 1. The number of nitrogen functional groups attached to an aromatic ring is 1. The standard InChI is InChI=1S/C10H8BrN3O2/c11-6-2-1-3-7(4-6)13-9(15)8-5-16-10(12)14-8/h1-5H,(H2,12,14)(H,13,15). The normalized spacial score (nSPS) is 10.1. The molecule has 0 atom stereocenters. The van der Waals surface area contributed by atoms with Gasteiger partial charge in [0.1, 0.15) is 6.26 Å². The van der Waals surface area contributed by atoms with Gasteiger partial charge in [-0.2, -0.15) is 4.98 Å². The molecule has 1 amide bonds. The number of oxazole rings is 1. The van der Waals surface area contributed by atoms with Crippen molar-refractivity contribution in [1.29, 1.82) is 0 Å². The number of amides is 1. The minimum atomic E-state index is -0.362. The van der Waals surface area contributed by atoms with Gasteiger partial charge in [-0.1, -0.05) is 22.0 Å². The third-order valence-corrected chi connectivity index (χ3v) is 2.33. The molecule has 0 bridgehead atoms. The fourth-order valence-electron chi connectivity index (χ4n) is 1.15. The second kappa shape index (κ2) is 4.36. The van der Waals surface area contributed by atoms with Crippen molar-refractivity contribution in [3.8, 4) is 0 Å². The first-order valence-corrected chi connectivity index (χ1v) is 5.22. The number of nitrogens with two attached hydrogens (primary N) is 1. The van der Waals surface area contributed by atoms with E-state index < -0.39 is 0 Å². The molecular weight excluding hydrogens is 274 g/mol. The van der Waals surface area contributed by atoms with Crippen molar-refractivity contribution in [3.05, 3.63) is 40.7 Å². The van der Waals surface area contributed by atoms with Crippen LogP contribution >= 0.6 is 15.9 Å². The van der Waals surface area contributed by atoms with E-state index in [9.17, 15) is 4.79 Å². The van der Waals surface area contributed by atoms with Crippen molar-refractivity contribution in [2.24, 2.45) is 0 Å². The van der Waals surface area contributed by atoms with Crippen molar-refractivity contribution < 1.29 is 9.21 Å². The summed E-state index contributed by atoms with van der Waals surface area (Å²) in [6.07, 6.45) is 1.21. The van der Waals surface area contributed by atoms with Crippen LogP contribution in [0.2, 0.25) is 0 Å². The number of aromatic nitrogens is 1. The summed E-state index contributed by atoms with van der Waals surface area (Å²) >= 11 is 3.31. The van der Waals surface area contributed by atoms with Gasteiger partial charge in [-0.05, 0) is 18.2 Å². The number of anilines is 2. The maximum Gasteiger partial charge on any atom is 0.292 e. The Kier molecular flexibility index (Phi) is 2.91. The average Bonchev–Trinajstić information content (AvgIpc) is 2.65. The van der Waals surface area contributed by atoms with Crippen molar-refractivity contribution >= 4 is 33.5 Å². The highest BCUT2D eigenvalue weighted by atomic mass is 79.9. The van der Waals surface area contributed by atoms with E-state index >= 15 is 0 Å². The Bertz CT molecular complexity index is 524. The van der Waals surface area contributed by atoms with Crippen LogP contribution in [-0.2, 0) is 0 Å². The molecule has 0 aliphatic carbocycles. The van der Waals surface area contributed by atoms with Crippen LogP contribution in [0.3, 0.4) is 0 Å². The molecule has 0 aliphatic rings. The van der Waals surface area contributed by atoms with Crippen LogP contribution in [0, 0.1) is 0 Å². The molecule has 16 heavy (non-hydrogen) atoms. The van der Waals surface area contributed by atoms with Gasteiger partial charge in [-0.3, -0.25) is 4.79 Å². The summed E-state index contributed by atoms with van der Waals surface area (Å²) in [5.74, 6) is -0.362. The summed E-state index contributed by atoms with van der Waals surface area (Å²) in [4.78, 5) is 15.4. The molecule has 5 nitrogen and oxygen atoms in total. The number of hydrogen-bond donors (Lipinski definition) is 2. The zero-order valence-electron chi connectivity index (χ0n) is 8.11. The zero-order valence-corrected chi connectivity index (χ0v) is 9.69. The van der Waals surface area contributed by atoms with Crippen LogP contribution in [0.1, 0.15) is 10.5 Å². The molecule has 0 spiro atoms. The molecule has 0 unspecified atom stereocenters. The third-order valence-electron chi connectivity index (χ3n) is 1.84. The average molecular weight is 282 g/mol. The fourth-order valence-corrected chi connectivity index (χ4v) is 1.55. The number of benzene rings is 1. The van der Waals surface area contributed by atoms with Crippen molar-refractivity contribution in [2.75, 3.05) is 11.1 Å². The van der Waals surface area contributed by atoms with E-state index in [1.807, 2.05) is 12.1 Å². The largest absolute Gasteiger partial charge is 0.431 e. The summed E-state index contributed by atoms with van der Waals surface area (Å²) < 4.78 is 5.62. The number of carbonyl (C=O) groups excluding carboxylic acids is 1. The Hall–Kier alpha value is -1.82. The van der Waals surface area contributed by atoms with Crippen molar-refractivity contribution in [3.63, 3.8) is 0 Å². The van der Waals surface area contributed by atoms with Gasteiger partial charge in [-0.15, -0.1) is 0 Å². The second-order valence-electron chi connectivity index (χ2n) is 3.04. The van der Waals surface area contributed by atoms with Gasteiger partial charge in [0, 0.05) is 10.2 Å². The summed E-state index contributed by atoms with van der Waals surface area (Å²) in [5.41, 5.74) is 6.09. The van der Waals surface area contributed by atoms with E-state index in [1.165, 1.54) is 6.26 Å². The molecule has 1 heterocycles. The summed E-state index contributed by atoms with van der Waals surface area (Å²) in [6.45, 7) is 0. The van der Waals surface area contributed by atoms with Crippen LogP contribution in [0.15, 0.2) is 39.4 Å². The molecule has 1 aromatic carbocycles. The van der Waals surface area contributed by atoms with Gasteiger partial charge in [0.25, 0.3) is 11.9 Å². The minimum absolute atomic E-state index is 0.0283. The van der Waals surface area contributed by atoms with Crippen molar-refractivity contribution in [2.45, 2.75) is 0 Å². The summed E-state index contributed by atoms with van der Waals surface area (Å²) in [7, 11) is 0. The Morgan fingerprint density at radius 2 is 2.31 bits per heavy atom. The minimum Gasteiger partial charge on any atom is -0.431 e. The topological polar surface area (TPSA) is 81.1 Å². The smallest absolute Gasteiger partial charge is 0.292 e. The lowest BCUT2D eigenvalue weighted by atomic mass is 10.3. The van der Waals surface area contributed by atoms with E-state index in [4.69, 9.17) is 10.2 Å². The molecule has 0 saturated carbocycles. The van der Waals surface area contributed by atoms with Gasteiger partial charge in [-0.25, -0.2) is 0 Å². The number of nitrogens with one attached hydrogen (secondary N) is 1. The van der Waals surface area contributed by atoms with E-state index in [-0.39, 0.29) is 17.6 Å². The van der Waals surface area contributed by atoms with Crippen LogP contribution in [0.4, 0.5) is 11.7 Å². The monoisotopic (exact) mass is 281 g/mol. The molecule has 0 aliphatic heterocycles. The number of hydrogen-bond acceptors (Lipinski definition) is 4. The predicted octanol–water partition coefficient (Wildman–Crippen LogP) is 2.27. The fraction of sp³-hybridized carbons (Fsp3) is 0. The molecule has 0 saturated heterocycles. The number of rotatable bonds is 2. The van der Waals surface area contributed by atoms with Crippen molar-refractivity contribution in [1.82, 2.24) is 4.98 Å². The summed E-state index contributed by atoms with van der Waals surface area (Å²) in [5, 5.41) is 2.67. The third kappa shape index (κ3) is 2.40. The Labute approximate surface area is 99.8 Å². The lowest BCUT2D eigenvalue weighted by Crippen LogP contribution is -2.12. The number of halogens is 1. The van der Waals surface area contributed by atoms with Crippen LogP contribution in [0.25, 0.3) is 0 Å². The second-order valence-corrected chi connectivity index (χ2v) is 3.95. The van der Waals surface area contributed by atoms with Crippen LogP contribution < -0.4 is 11.1 Å². The first kappa shape index (κ1) is 10.7. The SMILES string of the molecule is Nc1nc(C(=O)Nc2cccc(Br)c2)co1. The highest BCUT2D eigenvalue weighted by molar-refractivity contribution is 9.10. The van der Waals surface area contributed by atoms with Crippen LogP contribution in [0.5, 0.6) is 0 Å². The molecule has 1 aromatic heterocycles. The predicted molar refractivity (Wildman–Crippen MR) is 63.0 cm³/mol. The number of carbonyl (C=O) groups is 1. The van der Waals surface area contributed by atoms with Gasteiger partial charge >= 0.3 is 0 Å². The molecular formula is C10H8BrN3O2. The molecule has 6 heteroatoms. The van der Waals surface area contributed by atoms with Gasteiger partial charge in [0.2, 0.25) is 0 Å². The maximum atomic E-state index is 11.6. The molecule has 0 radical (unpaired) electrons. The van der Waals surface area contributed by atoms with E-state index in [0.29, 0.717) is 5.69 Å². The zero-order chi connectivity index (χ0) is 11.5. The lowest BCUT2D eigenvalue weighted by Gasteiger charge is -2.02.